The molecule has 9 heavy (non-hydrogen) atoms. The molecule has 2 heteroatoms. The van der Waals surface area contributed by atoms with Gasteiger partial charge >= 0.3 is 0 Å². The van der Waals surface area contributed by atoms with E-state index >= 15 is 0 Å². The van der Waals surface area contributed by atoms with E-state index in [1.807, 2.05) is 0 Å². The maximum absolute atomic E-state index is 9.22. The predicted octanol–water partition coefficient (Wildman–Crippen LogP) is 0.792. The first-order valence-corrected chi connectivity index (χ1v) is 3.45. The van der Waals surface area contributed by atoms with Gasteiger partial charge in [0.05, 0.1) is 12.2 Å². The van der Waals surface area contributed by atoms with Crippen molar-refractivity contribution in [1.29, 1.82) is 0 Å². The van der Waals surface area contributed by atoms with Crippen molar-refractivity contribution in [2.75, 3.05) is 7.11 Å². The molecular weight excluding hydrogens is 116 g/mol. The van der Waals surface area contributed by atoms with Gasteiger partial charge in [-0.3, -0.25) is 0 Å². The third kappa shape index (κ3) is 1.43. The molecule has 1 rings (SSSR count). The lowest BCUT2D eigenvalue weighted by Gasteiger charge is -2.03. The fourth-order valence-electron chi connectivity index (χ4n) is 1.36. The first-order valence-electron chi connectivity index (χ1n) is 3.45. The molecule has 1 aliphatic rings. The highest BCUT2D eigenvalue weighted by Crippen LogP contribution is 2.26. The molecule has 0 aromatic rings. The zero-order chi connectivity index (χ0) is 6.85. The van der Waals surface area contributed by atoms with Crippen molar-refractivity contribution < 1.29 is 9.84 Å². The Kier molecular flexibility index (Phi) is 2.09. The van der Waals surface area contributed by atoms with Gasteiger partial charge < -0.3 is 9.84 Å². The average molecular weight is 130 g/mol. The highest BCUT2D eigenvalue weighted by Gasteiger charge is 2.29. The Bertz CT molecular complexity index is 82.9. The first-order chi connectivity index (χ1) is 4.24. The summed E-state index contributed by atoms with van der Waals surface area (Å²) in [5.41, 5.74) is 0. The van der Waals surface area contributed by atoms with Crippen LogP contribution >= 0.6 is 0 Å². The van der Waals surface area contributed by atoms with Crippen LogP contribution in [-0.4, -0.2) is 24.4 Å². The van der Waals surface area contributed by atoms with E-state index in [1.54, 1.807) is 7.11 Å². The zero-order valence-electron chi connectivity index (χ0n) is 6.00. The van der Waals surface area contributed by atoms with E-state index in [0.717, 1.165) is 12.8 Å². The van der Waals surface area contributed by atoms with Crippen LogP contribution in [-0.2, 0) is 4.74 Å². The van der Waals surface area contributed by atoms with Crippen LogP contribution in [0.15, 0.2) is 0 Å². The fraction of sp³-hybridized carbons (Fsp3) is 1.00. The van der Waals surface area contributed by atoms with Crippen LogP contribution in [0, 0.1) is 5.92 Å². The Morgan fingerprint density at radius 1 is 1.44 bits per heavy atom. The van der Waals surface area contributed by atoms with Crippen molar-refractivity contribution in [3.63, 3.8) is 0 Å². The predicted molar refractivity (Wildman–Crippen MR) is 35.2 cm³/mol. The van der Waals surface area contributed by atoms with Crippen molar-refractivity contribution in [1.82, 2.24) is 0 Å². The summed E-state index contributed by atoms with van der Waals surface area (Å²) in [5, 5.41) is 9.22. The molecule has 0 radical (unpaired) electrons. The number of rotatable bonds is 1. The van der Waals surface area contributed by atoms with Crippen molar-refractivity contribution in [3.8, 4) is 0 Å². The first kappa shape index (κ1) is 7.03. The number of hydrogen-bond acceptors (Lipinski definition) is 2. The Morgan fingerprint density at radius 3 is 2.33 bits per heavy atom. The number of aliphatic hydroxyl groups is 1. The van der Waals surface area contributed by atoms with Crippen LogP contribution in [0.4, 0.5) is 0 Å². The van der Waals surface area contributed by atoms with Gasteiger partial charge in [0.15, 0.2) is 0 Å². The minimum atomic E-state index is -0.130. The number of hydrogen-bond donors (Lipinski definition) is 1. The summed E-state index contributed by atoms with van der Waals surface area (Å²) in [4.78, 5) is 0. The molecular formula is C7H14O2. The lowest BCUT2D eigenvalue weighted by molar-refractivity contribution is 0.0888. The van der Waals surface area contributed by atoms with E-state index in [-0.39, 0.29) is 6.10 Å². The Balaban J connectivity index is 2.35. The Labute approximate surface area is 55.8 Å². The minimum Gasteiger partial charge on any atom is -0.393 e. The molecule has 0 aromatic carbocycles. The van der Waals surface area contributed by atoms with Crippen molar-refractivity contribution >= 4 is 0 Å². The second-order valence-electron chi connectivity index (χ2n) is 2.87. The lowest BCUT2D eigenvalue weighted by atomic mass is 10.1. The molecule has 0 heterocycles. The topological polar surface area (TPSA) is 29.5 Å². The van der Waals surface area contributed by atoms with Crippen LogP contribution in [0.2, 0.25) is 0 Å². The van der Waals surface area contributed by atoms with E-state index < -0.39 is 0 Å². The number of ether oxygens (including phenoxy) is 1. The van der Waals surface area contributed by atoms with E-state index in [2.05, 4.69) is 6.92 Å². The molecule has 0 saturated heterocycles. The fourth-order valence-corrected chi connectivity index (χ4v) is 1.36. The molecule has 0 bridgehead atoms. The zero-order valence-corrected chi connectivity index (χ0v) is 6.00. The summed E-state index contributed by atoms with van der Waals surface area (Å²) in [5.74, 6) is 0.426. The summed E-state index contributed by atoms with van der Waals surface area (Å²) < 4.78 is 5.09. The van der Waals surface area contributed by atoms with Gasteiger partial charge in [-0.15, -0.1) is 0 Å². The molecule has 1 fully saturated rings. The van der Waals surface area contributed by atoms with Crippen molar-refractivity contribution in [2.45, 2.75) is 32.0 Å². The third-order valence-corrected chi connectivity index (χ3v) is 2.13. The largest absolute Gasteiger partial charge is 0.393 e. The summed E-state index contributed by atoms with van der Waals surface area (Å²) in [7, 11) is 1.70. The molecule has 0 aromatic heterocycles. The highest BCUT2D eigenvalue weighted by molar-refractivity contribution is 4.80. The number of aliphatic hydroxyl groups excluding tert-OH is 1. The van der Waals surface area contributed by atoms with Crippen molar-refractivity contribution in [2.24, 2.45) is 5.92 Å². The second-order valence-corrected chi connectivity index (χ2v) is 2.87. The molecule has 3 unspecified atom stereocenters. The molecule has 2 nitrogen and oxygen atoms in total. The van der Waals surface area contributed by atoms with Gasteiger partial charge in [0.1, 0.15) is 0 Å². The van der Waals surface area contributed by atoms with E-state index in [0.29, 0.717) is 12.0 Å². The third-order valence-electron chi connectivity index (χ3n) is 2.13. The van der Waals surface area contributed by atoms with E-state index in [4.69, 9.17) is 4.74 Å². The maximum Gasteiger partial charge on any atom is 0.0599 e. The molecule has 0 aliphatic heterocycles. The molecule has 3 atom stereocenters. The van der Waals surface area contributed by atoms with Crippen LogP contribution in [0.1, 0.15) is 19.8 Å². The summed E-state index contributed by atoms with van der Waals surface area (Å²) >= 11 is 0. The quantitative estimate of drug-likeness (QED) is 0.568. The highest BCUT2D eigenvalue weighted by atomic mass is 16.5. The standard InChI is InChI=1S/C7H14O2/c1-5-3-6(9-2)4-7(5)8/h5-8H,3-4H2,1-2H3. The Hall–Kier alpha value is -0.0800. The number of methoxy groups -OCH3 is 1. The van der Waals surface area contributed by atoms with Crippen LogP contribution in [0.25, 0.3) is 0 Å². The summed E-state index contributed by atoms with van der Waals surface area (Å²) in [6, 6.07) is 0. The normalized spacial score (nSPS) is 43.7. The minimum absolute atomic E-state index is 0.130. The molecule has 1 N–H and O–H groups in total. The van der Waals surface area contributed by atoms with Gasteiger partial charge in [-0.1, -0.05) is 6.92 Å². The van der Waals surface area contributed by atoms with Crippen LogP contribution in [0.5, 0.6) is 0 Å². The van der Waals surface area contributed by atoms with E-state index in [9.17, 15) is 5.11 Å². The van der Waals surface area contributed by atoms with Crippen molar-refractivity contribution in [3.05, 3.63) is 0 Å². The van der Waals surface area contributed by atoms with Crippen LogP contribution < -0.4 is 0 Å². The van der Waals surface area contributed by atoms with Gasteiger partial charge in [0, 0.05) is 7.11 Å². The lowest BCUT2D eigenvalue weighted by Crippen LogP contribution is -2.09. The molecule has 1 saturated carbocycles. The molecule has 54 valence electrons. The molecule has 1 aliphatic carbocycles. The molecule has 0 amide bonds. The SMILES string of the molecule is COC1CC(C)C(O)C1. The van der Waals surface area contributed by atoms with Gasteiger partial charge in [-0.05, 0) is 18.8 Å². The average Bonchev–Trinajstić information content (AvgIpc) is 2.13. The second kappa shape index (κ2) is 2.67. The smallest absolute Gasteiger partial charge is 0.0599 e. The monoisotopic (exact) mass is 130 g/mol. The van der Waals surface area contributed by atoms with E-state index in [1.165, 1.54) is 0 Å². The van der Waals surface area contributed by atoms with Crippen LogP contribution in [0.3, 0.4) is 0 Å². The Morgan fingerprint density at radius 2 is 2.11 bits per heavy atom. The van der Waals surface area contributed by atoms with Gasteiger partial charge in [-0.25, -0.2) is 0 Å². The van der Waals surface area contributed by atoms with Gasteiger partial charge in [0.2, 0.25) is 0 Å². The van der Waals surface area contributed by atoms with Gasteiger partial charge in [-0.2, -0.15) is 0 Å². The summed E-state index contributed by atoms with van der Waals surface area (Å²) in [6.45, 7) is 2.06. The summed E-state index contributed by atoms with van der Waals surface area (Å²) in [6.07, 6.45) is 2.00. The molecule has 0 spiro atoms. The maximum atomic E-state index is 9.22. The van der Waals surface area contributed by atoms with Gasteiger partial charge in [0.25, 0.3) is 0 Å².